The fourth-order valence-corrected chi connectivity index (χ4v) is 2.55. The van der Waals surface area contributed by atoms with Crippen LogP contribution in [0.15, 0.2) is 36.4 Å². The van der Waals surface area contributed by atoms with E-state index >= 15 is 0 Å². The van der Waals surface area contributed by atoms with Crippen LogP contribution in [0, 0.1) is 0 Å². The molecule has 0 aliphatic heterocycles. The molecule has 31 heavy (non-hydrogen) atoms. The number of anilines is 1. The fraction of sp³-hybridized carbons (Fsp3) is 0.286. The molecule has 0 aliphatic rings. The lowest BCUT2D eigenvalue weighted by Crippen LogP contribution is -2.30. The van der Waals surface area contributed by atoms with Crippen LogP contribution < -0.4 is 30.0 Å². The average Bonchev–Trinajstić information content (AvgIpc) is 2.76. The summed E-state index contributed by atoms with van der Waals surface area (Å²) in [6.45, 7) is 1.03. The summed E-state index contributed by atoms with van der Waals surface area (Å²) >= 11 is 0. The minimum atomic E-state index is -1.11. The van der Waals surface area contributed by atoms with Crippen molar-refractivity contribution in [2.45, 2.75) is 13.0 Å². The molecule has 0 fully saturated rings. The zero-order chi connectivity index (χ0) is 23.0. The quantitative estimate of drug-likeness (QED) is 0.542. The lowest BCUT2D eigenvalue weighted by Gasteiger charge is -2.17. The molecule has 10 heteroatoms. The minimum absolute atomic E-state index is 0.0528. The molecule has 10 nitrogen and oxygen atoms in total. The normalized spacial score (nSPS) is 11.1. The summed E-state index contributed by atoms with van der Waals surface area (Å²) in [5.74, 6) is -1.21. The van der Waals surface area contributed by atoms with Gasteiger partial charge in [0, 0.05) is 0 Å². The third kappa shape index (κ3) is 6.01. The van der Waals surface area contributed by atoms with Crippen LogP contribution in [-0.4, -0.2) is 51.8 Å². The van der Waals surface area contributed by atoms with E-state index in [1.165, 1.54) is 40.4 Å². The zero-order valence-electron chi connectivity index (χ0n) is 17.6. The monoisotopic (exact) mass is 432 g/mol. The van der Waals surface area contributed by atoms with E-state index < -0.39 is 30.5 Å². The number of benzene rings is 2. The smallest absolute Gasteiger partial charge is 0.339 e. The molecule has 2 aromatic rings. The first kappa shape index (κ1) is 23.3. The van der Waals surface area contributed by atoms with Crippen LogP contribution in [0.2, 0.25) is 0 Å². The van der Waals surface area contributed by atoms with Crippen molar-refractivity contribution in [3.63, 3.8) is 0 Å². The number of para-hydroxylation sites is 2. The Kier molecular flexibility index (Phi) is 8.07. The van der Waals surface area contributed by atoms with Crippen molar-refractivity contribution in [1.29, 1.82) is 0 Å². The van der Waals surface area contributed by atoms with E-state index in [1.54, 1.807) is 24.3 Å². The highest BCUT2D eigenvalue weighted by Crippen LogP contribution is 2.38. The van der Waals surface area contributed by atoms with Gasteiger partial charge in [-0.3, -0.25) is 9.59 Å². The molecule has 3 N–H and O–H groups in total. The number of hydrogen-bond acceptors (Lipinski definition) is 8. The lowest BCUT2D eigenvalue weighted by atomic mass is 10.1. The van der Waals surface area contributed by atoms with Gasteiger partial charge < -0.3 is 34.7 Å². The van der Waals surface area contributed by atoms with Crippen molar-refractivity contribution in [3.05, 3.63) is 42.0 Å². The molecule has 1 atom stereocenters. The highest BCUT2D eigenvalue weighted by Gasteiger charge is 2.23. The van der Waals surface area contributed by atoms with Crippen molar-refractivity contribution >= 4 is 23.5 Å². The van der Waals surface area contributed by atoms with Gasteiger partial charge in [-0.2, -0.15) is 0 Å². The second kappa shape index (κ2) is 10.7. The highest BCUT2D eigenvalue weighted by atomic mass is 16.6. The maximum absolute atomic E-state index is 12.6. The predicted molar refractivity (Wildman–Crippen MR) is 111 cm³/mol. The first-order chi connectivity index (χ1) is 14.8. The number of ether oxygens (including phenoxy) is 5. The first-order valence-corrected chi connectivity index (χ1v) is 9.12. The summed E-state index contributed by atoms with van der Waals surface area (Å²) in [7, 11) is 4.18. The fourth-order valence-electron chi connectivity index (χ4n) is 2.55. The molecule has 0 aliphatic carbocycles. The summed E-state index contributed by atoms with van der Waals surface area (Å²) in [4.78, 5) is 36.0. The summed E-state index contributed by atoms with van der Waals surface area (Å²) in [5, 5.41) is 2.65. The Labute approximate surface area is 179 Å². The summed E-state index contributed by atoms with van der Waals surface area (Å²) in [6, 6.07) is 9.52. The van der Waals surface area contributed by atoms with Crippen molar-refractivity contribution < 1.29 is 38.1 Å². The van der Waals surface area contributed by atoms with Gasteiger partial charge in [0.25, 0.3) is 11.8 Å². The van der Waals surface area contributed by atoms with Crippen LogP contribution in [0.4, 0.5) is 5.69 Å². The Morgan fingerprint density at radius 1 is 0.968 bits per heavy atom. The van der Waals surface area contributed by atoms with Crippen molar-refractivity contribution in [2.24, 2.45) is 5.73 Å². The third-order valence-electron chi connectivity index (χ3n) is 4.07. The van der Waals surface area contributed by atoms with Crippen LogP contribution >= 0.6 is 0 Å². The molecule has 2 rings (SSSR count). The number of nitrogens with two attached hydrogens (primary N) is 1. The summed E-state index contributed by atoms with van der Waals surface area (Å²) in [6.07, 6.45) is -1.11. The molecule has 0 spiro atoms. The van der Waals surface area contributed by atoms with Gasteiger partial charge in [0.05, 0.1) is 32.6 Å². The Morgan fingerprint density at radius 3 is 2.10 bits per heavy atom. The maximum atomic E-state index is 12.6. The molecule has 166 valence electrons. The van der Waals surface area contributed by atoms with Gasteiger partial charge in [0.2, 0.25) is 5.75 Å². The molecule has 0 saturated heterocycles. The molecule has 0 heterocycles. The van der Waals surface area contributed by atoms with Gasteiger partial charge in [-0.1, -0.05) is 12.1 Å². The summed E-state index contributed by atoms with van der Waals surface area (Å²) < 4.78 is 26.2. The van der Waals surface area contributed by atoms with Crippen LogP contribution in [-0.2, 0) is 14.3 Å². The molecule has 0 radical (unpaired) electrons. The Morgan fingerprint density at radius 2 is 1.55 bits per heavy atom. The molecular weight excluding hydrogens is 408 g/mol. The number of primary amides is 1. The molecule has 2 amide bonds. The molecule has 0 bridgehead atoms. The van der Waals surface area contributed by atoms with E-state index in [0.717, 1.165) is 0 Å². The Hall–Kier alpha value is -3.95. The number of carbonyl (C=O) groups is 3. The van der Waals surface area contributed by atoms with E-state index in [0.29, 0.717) is 11.4 Å². The average molecular weight is 432 g/mol. The molecule has 1 unspecified atom stereocenters. The number of rotatable bonds is 10. The number of nitrogens with one attached hydrogen (secondary N) is 1. The van der Waals surface area contributed by atoms with Crippen molar-refractivity contribution in [3.8, 4) is 23.0 Å². The Balaban J connectivity index is 2.16. The van der Waals surface area contributed by atoms with Crippen molar-refractivity contribution in [2.75, 3.05) is 33.3 Å². The van der Waals surface area contributed by atoms with Gasteiger partial charge in [-0.25, -0.2) is 4.79 Å². The standard InChI is InChI=1S/C21H24N2O8/c1-12(20(25)23-14-7-5-6-8-15(14)27-2)31-21(26)13-9-16(28-3)19(17(10-13)29-4)30-11-18(22)24/h5-10,12H,11H2,1-4H3,(H2,22,24)(H,23,25). The van der Waals surface area contributed by atoms with Gasteiger partial charge >= 0.3 is 5.97 Å². The van der Waals surface area contributed by atoms with E-state index in [4.69, 9.17) is 29.4 Å². The number of hydrogen-bond donors (Lipinski definition) is 2. The second-order valence-corrected chi connectivity index (χ2v) is 6.20. The second-order valence-electron chi connectivity index (χ2n) is 6.20. The van der Waals surface area contributed by atoms with Crippen LogP contribution in [0.25, 0.3) is 0 Å². The Bertz CT molecular complexity index is 935. The van der Waals surface area contributed by atoms with Gasteiger partial charge in [0.1, 0.15) is 5.75 Å². The van der Waals surface area contributed by atoms with E-state index in [1.807, 2.05) is 0 Å². The number of amides is 2. The van der Waals surface area contributed by atoms with Crippen LogP contribution in [0.5, 0.6) is 23.0 Å². The molecular formula is C21H24N2O8. The van der Waals surface area contributed by atoms with Gasteiger partial charge in [-0.15, -0.1) is 0 Å². The van der Waals surface area contributed by atoms with Crippen LogP contribution in [0.3, 0.4) is 0 Å². The van der Waals surface area contributed by atoms with E-state index in [9.17, 15) is 14.4 Å². The van der Waals surface area contributed by atoms with E-state index in [-0.39, 0.29) is 22.8 Å². The van der Waals surface area contributed by atoms with E-state index in [2.05, 4.69) is 5.32 Å². The maximum Gasteiger partial charge on any atom is 0.339 e. The number of methoxy groups -OCH3 is 3. The number of carbonyl (C=O) groups excluding carboxylic acids is 3. The largest absolute Gasteiger partial charge is 0.495 e. The third-order valence-corrected chi connectivity index (χ3v) is 4.07. The number of esters is 1. The molecule has 0 saturated carbocycles. The SMILES string of the molecule is COc1ccccc1NC(=O)C(C)OC(=O)c1cc(OC)c(OCC(N)=O)c(OC)c1. The summed E-state index contributed by atoms with van der Waals surface area (Å²) in [5.41, 5.74) is 5.59. The zero-order valence-corrected chi connectivity index (χ0v) is 17.6. The lowest BCUT2D eigenvalue weighted by molar-refractivity contribution is -0.123. The van der Waals surface area contributed by atoms with Gasteiger partial charge in [0.15, 0.2) is 24.2 Å². The highest BCUT2D eigenvalue weighted by molar-refractivity contribution is 5.98. The molecule has 2 aromatic carbocycles. The topological polar surface area (TPSA) is 135 Å². The molecule has 0 aromatic heterocycles. The predicted octanol–water partition coefficient (Wildman–Crippen LogP) is 1.76. The van der Waals surface area contributed by atoms with Crippen molar-refractivity contribution in [1.82, 2.24) is 0 Å². The van der Waals surface area contributed by atoms with Gasteiger partial charge in [-0.05, 0) is 31.2 Å². The van der Waals surface area contributed by atoms with Crippen LogP contribution in [0.1, 0.15) is 17.3 Å². The first-order valence-electron chi connectivity index (χ1n) is 9.12. The minimum Gasteiger partial charge on any atom is -0.495 e.